The first-order valence-electron chi connectivity index (χ1n) is 2.07. The van der Waals surface area contributed by atoms with Crippen LogP contribution in [-0.4, -0.2) is 16.8 Å². The van der Waals surface area contributed by atoms with Crippen LogP contribution in [0.5, 0.6) is 0 Å². The fraction of sp³-hybridized carbons (Fsp3) is 0.750. The molecule has 0 aliphatic heterocycles. The molecule has 0 aromatic carbocycles. The third-order valence-electron chi connectivity index (χ3n) is 0.644. The van der Waals surface area contributed by atoms with Crippen molar-refractivity contribution in [3.05, 3.63) is 0 Å². The minimum atomic E-state index is -4.45. The Balaban J connectivity index is 4.04. The van der Waals surface area contributed by atoms with Crippen LogP contribution in [0.4, 0.5) is 13.2 Å². The van der Waals surface area contributed by atoms with Crippen molar-refractivity contribution >= 4 is 21.7 Å². The molecule has 0 bridgehead atoms. The molecule has 0 fully saturated rings. The summed E-state index contributed by atoms with van der Waals surface area (Å²) in [6.07, 6.45) is -4.45. The summed E-state index contributed by atoms with van der Waals surface area (Å²) in [5, 5.41) is 0. The molecule has 0 radical (unpaired) electrons. The van der Waals surface area contributed by atoms with E-state index in [9.17, 15) is 18.0 Å². The van der Waals surface area contributed by atoms with Crippen molar-refractivity contribution in [1.29, 1.82) is 0 Å². The van der Waals surface area contributed by atoms with E-state index in [2.05, 4.69) is 15.9 Å². The Labute approximate surface area is 58.4 Å². The second kappa shape index (κ2) is 2.68. The number of carbonyl (C=O) groups is 1. The first-order valence-corrected chi connectivity index (χ1v) is 2.98. The van der Waals surface area contributed by atoms with E-state index in [1.807, 2.05) is 0 Å². The van der Waals surface area contributed by atoms with Crippen molar-refractivity contribution in [3.63, 3.8) is 0 Å². The van der Waals surface area contributed by atoms with E-state index in [0.717, 1.165) is 6.92 Å². The average Bonchev–Trinajstić information content (AvgIpc) is 1.62. The zero-order valence-electron chi connectivity index (χ0n) is 4.50. The van der Waals surface area contributed by atoms with E-state index in [1.165, 1.54) is 0 Å². The Kier molecular flexibility index (Phi) is 2.66. The average molecular weight is 205 g/mol. The quantitative estimate of drug-likeness (QED) is 0.597. The molecule has 5 heteroatoms. The topological polar surface area (TPSA) is 17.1 Å². The lowest BCUT2D eigenvalue weighted by molar-refractivity contribution is -0.145. The lowest BCUT2D eigenvalue weighted by Crippen LogP contribution is -2.29. The fourth-order valence-corrected chi connectivity index (χ4v) is 0.230. The smallest absolute Gasteiger partial charge is 0.298 e. The van der Waals surface area contributed by atoms with Crippen LogP contribution in [0.1, 0.15) is 6.92 Å². The van der Waals surface area contributed by atoms with E-state index in [1.54, 1.807) is 0 Å². The molecular weight excluding hydrogens is 201 g/mol. The summed E-state index contributed by atoms with van der Waals surface area (Å²) in [5.41, 5.74) is 0. The molecule has 1 unspecified atom stereocenters. The monoisotopic (exact) mass is 204 g/mol. The van der Waals surface area contributed by atoms with Crippen molar-refractivity contribution in [2.75, 3.05) is 0 Å². The molecule has 0 saturated carbocycles. The highest BCUT2D eigenvalue weighted by atomic mass is 79.9. The molecule has 9 heavy (non-hydrogen) atoms. The maximum Gasteiger partial charge on any atom is 0.408 e. The number of Topliss-reactive ketones (excluding diaryl/α,β-unsaturated/α-hetero) is 1. The zero-order valence-corrected chi connectivity index (χ0v) is 6.08. The van der Waals surface area contributed by atoms with Crippen LogP contribution in [-0.2, 0) is 4.79 Å². The van der Waals surface area contributed by atoms with Crippen LogP contribution in [0.3, 0.4) is 0 Å². The van der Waals surface area contributed by atoms with Gasteiger partial charge in [-0.25, -0.2) is 0 Å². The molecule has 0 amide bonds. The van der Waals surface area contributed by atoms with Crippen molar-refractivity contribution < 1.29 is 18.0 Å². The molecule has 1 atom stereocenters. The van der Waals surface area contributed by atoms with Crippen molar-refractivity contribution in [2.45, 2.75) is 17.9 Å². The van der Waals surface area contributed by atoms with Gasteiger partial charge in [-0.1, -0.05) is 15.9 Å². The van der Waals surface area contributed by atoms with Gasteiger partial charge >= 0.3 is 6.18 Å². The Hall–Kier alpha value is -0.0600. The Bertz CT molecular complexity index is 119. The van der Waals surface area contributed by atoms with Gasteiger partial charge in [0.2, 0.25) is 0 Å². The predicted molar refractivity (Wildman–Crippen MR) is 29.5 cm³/mol. The first-order chi connectivity index (χ1) is 3.85. The standard InChI is InChI=1S/C4H4BrF3O/c1-2(9)3(5)4(6,7)8/h3H,1H3. The molecule has 0 aromatic heterocycles. The molecule has 0 heterocycles. The first kappa shape index (κ1) is 8.94. The molecule has 0 aromatic rings. The Morgan fingerprint density at radius 2 is 1.89 bits per heavy atom. The normalized spacial score (nSPS) is 15.2. The summed E-state index contributed by atoms with van der Waals surface area (Å²) in [4.78, 5) is 8.01. The molecular formula is C4H4BrF3O. The van der Waals surface area contributed by atoms with Gasteiger partial charge in [-0.2, -0.15) is 13.2 Å². The second-order valence-electron chi connectivity index (χ2n) is 1.51. The van der Waals surface area contributed by atoms with E-state index in [0.29, 0.717) is 0 Å². The summed E-state index contributed by atoms with van der Waals surface area (Å²) in [7, 11) is 0. The van der Waals surface area contributed by atoms with E-state index in [-0.39, 0.29) is 0 Å². The highest BCUT2D eigenvalue weighted by Gasteiger charge is 2.40. The van der Waals surface area contributed by atoms with Gasteiger partial charge < -0.3 is 0 Å². The van der Waals surface area contributed by atoms with Gasteiger partial charge in [0.15, 0.2) is 10.6 Å². The number of rotatable bonds is 1. The minimum absolute atomic E-state index is 0.882. The van der Waals surface area contributed by atoms with Crippen LogP contribution in [0, 0.1) is 0 Å². The fourth-order valence-electron chi connectivity index (χ4n) is 0.230. The molecule has 0 saturated heterocycles. The maximum absolute atomic E-state index is 11.4. The molecule has 0 rings (SSSR count). The molecule has 0 spiro atoms. The Morgan fingerprint density at radius 3 is 1.89 bits per heavy atom. The van der Waals surface area contributed by atoms with Gasteiger partial charge in [0.1, 0.15) is 0 Å². The lowest BCUT2D eigenvalue weighted by Gasteiger charge is -2.08. The largest absolute Gasteiger partial charge is 0.408 e. The van der Waals surface area contributed by atoms with Crippen LogP contribution in [0.2, 0.25) is 0 Å². The van der Waals surface area contributed by atoms with Gasteiger partial charge in [-0.15, -0.1) is 0 Å². The lowest BCUT2D eigenvalue weighted by atomic mass is 10.3. The molecule has 0 N–H and O–H groups in total. The summed E-state index contributed by atoms with van der Waals surface area (Å²) in [5.74, 6) is -0.928. The van der Waals surface area contributed by atoms with E-state index < -0.39 is 16.8 Å². The van der Waals surface area contributed by atoms with Gasteiger partial charge in [-0.3, -0.25) is 4.79 Å². The number of hydrogen-bond donors (Lipinski definition) is 0. The van der Waals surface area contributed by atoms with Crippen LogP contribution in [0.15, 0.2) is 0 Å². The Morgan fingerprint density at radius 1 is 1.56 bits per heavy atom. The van der Waals surface area contributed by atoms with Gasteiger partial charge in [-0.05, 0) is 6.92 Å². The number of carbonyl (C=O) groups excluding carboxylic acids is 1. The summed E-state index contributed by atoms with van der Waals surface area (Å²) < 4.78 is 34.3. The molecule has 0 aliphatic rings. The molecule has 1 nitrogen and oxygen atoms in total. The summed E-state index contributed by atoms with van der Waals surface area (Å²) in [6, 6.07) is 0. The van der Waals surface area contributed by atoms with Gasteiger partial charge in [0, 0.05) is 0 Å². The second-order valence-corrected chi connectivity index (χ2v) is 2.43. The third kappa shape index (κ3) is 2.84. The van der Waals surface area contributed by atoms with E-state index >= 15 is 0 Å². The number of ketones is 1. The van der Waals surface area contributed by atoms with Crippen molar-refractivity contribution in [1.82, 2.24) is 0 Å². The van der Waals surface area contributed by atoms with Crippen LogP contribution in [0.25, 0.3) is 0 Å². The SMILES string of the molecule is CC(=O)C(Br)C(F)(F)F. The summed E-state index contributed by atoms with van der Waals surface area (Å²) in [6.45, 7) is 0.882. The number of hydrogen-bond acceptors (Lipinski definition) is 1. The van der Waals surface area contributed by atoms with Crippen molar-refractivity contribution in [2.24, 2.45) is 0 Å². The third-order valence-corrected chi connectivity index (χ3v) is 1.81. The number of halogens is 4. The minimum Gasteiger partial charge on any atom is -0.298 e. The maximum atomic E-state index is 11.4. The highest BCUT2D eigenvalue weighted by molar-refractivity contribution is 9.10. The summed E-state index contributed by atoms with van der Waals surface area (Å²) >= 11 is 2.19. The number of alkyl halides is 4. The van der Waals surface area contributed by atoms with Gasteiger partial charge in [0.25, 0.3) is 0 Å². The highest BCUT2D eigenvalue weighted by Crippen LogP contribution is 2.26. The van der Waals surface area contributed by atoms with Crippen molar-refractivity contribution in [3.8, 4) is 0 Å². The van der Waals surface area contributed by atoms with Gasteiger partial charge in [0.05, 0.1) is 0 Å². The molecule has 54 valence electrons. The predicted octanol–water partition coefficient (Wildman–Crippen LogP) is 1.90. The van der Waals surface area contributed by atoms with E-state index in [4.69, 9.17) is 0 Å². The van der Waals surface area contributed by atoms with Crippen LogP contribution < -0.4 is 0 Å². The molecule has 0 aliphatic carbocycles. The van der Waals surface area contributed by atoms with Crippen LogP contribution >= 0.6 is 15.9 Å². The zero-order chi connectivity index (χ0) is 7.65.